The van der Waals surface area contributed by atoms with E-state index in [9.17, 15) is 9.59 Å². The van der Waals surface area contributed by atoms with E-state index in [4.69, 9.17) is 0 Å². The van der Waals surface area contributed by atoms with Gasteiger partial charge in [0.2, 0.25) is 0 Å². The maximum atomic E-state index is 13.3. The lowest BCUT2D eigenvalue weighted by Crippen LogP contribution is -2.45. The summed E-state index contributed by atoms with van der Waals surface area (Å²) in [6.07, 6.45) is 2.21. The SMILES string of the molecule is CCN1CCC[C@@H]1CN(Cc1cc2cc(C)cc(C)c2[nH]c1=O)C(=O)Nc1ccccc1. The molecule has 0 bridgehead atoms. The number of hydrogen-bond acceptors (Lipinski definition) is 3. The highest BCUT2D eigenvalue weighted by molar-refractivity contribution is 5.89. The molecule has 2 amide bonds. The summed E-state index contributed by atoms with van der Waals surface area (Å²) in [5.41, 5.74) is 4.27. The van der Waals surface area contributed by atoms with Gasteiger partial charge < -0.3 is 15.2 Å². The highest BCUT2D eigenvalue weighted by atomic mass is 16.2. The lowest BCUT2D eigenvalue weighted by Gasteiger charge is -2.30. The number of H-pyrrole nitrogens is 1. The van der Waals surface area contributed by atoms with Crippen molar-refractivity contribution >= 4 is 22.6 Å². The number of aromatic amines is 1. The maximum absolute atomic E-state index is 13.3. The number of carbonyl (C=O) groups is 1. The summed E-state index contributed by atoms with van der Waals surface area (Å²) in [6.45, 7) is 9.10. The number of likely N-dealkylation sites (N-methyl/N-ethyl adjacent to an activating group) is 1. The zero-order valence-corrected chi connectivity index (χ0v) is 19.1. The number of para-hydroxylation sites is 1. The molecular formula is C26H32N4O2. The molecule has 6 heteroatoms. The number of hydrogen-bond donors (Lipinski definition) is 2. The first-order valence-electron chi connectivity index (χ1n) is 11.4. The van der Waals surface area contributed by atoms with Gasteiger partial charge in [-0.05, 0) is 75.0 Å². The zero-order valence-electron chi connectivity index (χ0n) is 19.1. The number of aryl methyl sites for hydroxylation is 2. The predicted molar refractivity (Wildman–Crippen MR) is 130 cm³/mol. The van der Waals surface area contributed by atoms with Crippen molar-refractivity contribution in [3.05, 3.63) is 75.6 Å². The molecule has 1 aliphatic rings. The van der Waals surface area contributed by atoms with Gasteiger partial charge in [-0.25, -0.2) is 4.79 Å². The molecule has 1 atom stereocenters. The first-order valence-corrected chi connectivity index (χ1v) is 11.4. The summed E-state index contributed by atoms with van der Waals surface area (Å²) in [6, 6.07) is 15.7. The second-order valence-corrected chi connectivity index (χ2v) is 8.77. The van der Waals surface area contributed by atoms with Gasteiger partial charge in [-0.15, -0.1) is 0 Å². The summed E-state index contributed by atoms with van der Waals surface area (Å²) in [5, 5.41) is 4.00. The summed E-state index contributed by atoms with van der Waals surface area (Å²) in [7, 11) is 0. The van der Waals surface area contributed by atoms with Gasteiger partial charge in [0.15, 0.2) is 0 Å². The molecule has 2 aromatic carbocycles. The molecule has 0 unspecified atom stereocenters. The number of likely N-dealkylation sites (tertiary alicyclic amines) is 1. The fourth-order valence-electron chi connectivity index (χ4n) is 4.77. The third-order valence-electron chi connectivity index (χ3n) is 6.38. The van der Waals surface area contributed by atoms with Crippen LogP contribution < -0.4 is 10.9 Å². The number of aromatic nitrogens is 1. The van der Waals surface area contributed by atoms with Crippen molar-refractivity contribution in [1.82, 2.24) is 14.8 Å². The Hall–Kier alpha value is -3.12. The van der Waals surface area contributed by atoms with Crippen LogP contribution in [0.15, 0.2) is 53.3 Å². The van der Waals surface area contributed by atoms with E-state index in [1.165, 1.54) is 0 Å². The number of benzene rings is 2. The molecule has 0 saturated carbocycles. The van der Waals surface area contributed by atoms with Crippen LogP contribution in [0.2, 0.25) is 0 Å². The van der Waals surface area contributed by atoms with Crippen molar-refractivity contribution < 1.29 is 4.79 Å². The topological polar surface area (TPSA) is 68.4 Å². The predicted octanol–water partition coefficient (Wildman–Crippen LogP) is 4.66. The molecular weight excluding hydrogens is 400 g/mol. The monoisotopic (exact) mass is 432 g/mol. The molecule has 2 heterocycles. The molecule has 1 fully saturated rings. The Kier molecular flexibility index (Phi) is 6.61. The highest BCUT2D eigenvalue weighted by Gasteiger charge is 2.28. The Balaban J connectivity index is 1.64. The highest BCUT2D eigenvalue weighted by Crippen LogP contribution is 2.21. The fourth-order valence-corrected chi connectivity index (χ4v) is 4.77. The molecule has 32 heavy (non-hydrogen) atoms. The number of urea groups is 1. The largest absolute Gasteiger partial charge is 0.322 e. The minimum atomic E-state index is -0.181. The normalized spacial score (nSPS) is 16.4. The molecule has 0 spiro atoms. The average molecular weight is 433 g/mol. The Labute approximate surface area is 189 Å². The second kappa shape index (κ2) is 9.57. The number of amides is 2. The maximum Gasteiger partial charge on any atom is 0.322 e. The van der Waals surface area contributed by atoms with Crippen LogP contribution in [0.25, 0.3) is 10.9 Å². The van der Waals surface area contributed by atoms with Crippen LogP contribution in [-0.2, 0) is 6.54 Å². The van der Waals surface area contributed by atoms with Crippen LogP contribution >= 0.6 is 0 Å². The first-order chi connectivity index (χ1) is 15.4. The molecule has 0 radical (unpaired) electrons. The van der Waals surface area contributed by atoms with Crippen LogP contribution in [0.5, 0.6) is 0 Å². The van der Waals surface area contributed by atoms with Gasteiger partial charge in [-0.3, -0.25) is 9.69 Å². The standard InChI is InChI=1S/C26H32N4O2/c1-4-29-12-8-11-23(29)17-30(26(32)27-22-9-6-5-7-10-22)16-21-15-20-14-18(2)13-19(3)24(20)28-25(21)31/h5-7,9-10,13-15,23H,4,8,11-12,16-17H2,1-3H3,(H,27,32)(H,28,31)/t23-/m1/s1. The van der Waals surface area contributed by atoms with E-state index in [0.29, 0.717) is 18.2 Å². The van der Waals surface area contributed by atoms with Crippen LogP contribution in [0.3, 0.4) is 0 Å². The molecule has 2 N–H and O–H groups in total. The second-order valence-electron chi connectivity index (χ2n) is 8.77. The van der Waals surface area contributed by atoms with E-state index in [-0.39, 0.29) is 18.1 Å². The summed E-state index contributed by atoms with van der Waals surface area (Å²) in [4.78, 5) is 33.4. The third kappa shape index (κ3) is 4.86. The summed E-state index contributed by atoms with van der Waals surface area (Å²) < 4.78 is 0. The van der Waals surface area contributed by atoms with Gasteiger partial charge in [-0.1, -0.05) is 36.8 Å². The Morgan fingerprint density at radius 2 is 1.97 bits per heavy atom. The van der Waals surface area contributed by atoms with E-state index in [0.717, 1.165) is 53.6 Å². The van der Waals surface area contributed by atoms with Gasteiger partial charge >= 0.3 is 6.03 Å². The minimum Gasteiger partial charge on any atom is -0.321 e. The van der Waals surface area contributed by atoms with Crippen LogP contribution in [0.4, 0.5) is 10.5 Å². The molecule has 168 valence electrons. The van der Waals surface area contributed by atoms with Crippen LogP contribution in [0, 0.1) is 13.8 Å². The molecule has 0 aliphatic carbocycles. The lowest BCUT2D eigenvalue weighted by molar-refractivity contribution is 0.174. The Morgan fingerprint density at radius 3 is 2.72 bits per heavy atom. The molecule has 6 nitrogen and oxygen atoms in total. The lowest BCUT2D eigenvalue weighted by atomic mass is 10.0. The minimum absolute atomic E-state index is 0.138. The van der Waals surface area contributed by atoms with E-state index in [1.54, 1.807) is 4.90 Å². The van der Waals surface area contributed by atoms with Crippen molar-refractivity contribution in [1.29, 1.82) is 0 Å². The summed E-state index contributed by atoms with van der Waals surface area (Å²) in [5.74, 6) is 0. The van der Waals surface area contributed by atoms with Crippen molar-refractivity contribution in [2.24, 2.45) is 0 Å². The van der Waals surface area contributed by atoms with Crippen molar-refractivity contribution in [2.45, 2.75) is 46.2 Å². The van der Waals surface area contributed by atoms with Crippen molar-refractivity contribution in [3.8, 4) is 0 Å². The van der Waals surface area contributed by atoms with E-state index in [1.807, 2.05) is 43.3 Å². The van der Waals surface area contributed by atoms with E-state index >= 15 is 0 Å². The quantitative estimate of drug-likeness (QED) is 0.595. The Bertz CT molecular complexity index is 1160. The van der Waals surface area contributed by atoms with Gasteiger partial charge in [0, 0.05) is 23.8 Å². The number of pyridine rings is 1. The molecule has 1 aromatic heterocycles. The number of anilines is 1. The van der Waals surface area contributed by atoms with Gasteiger partial charge in [0.05, 0.1) is 12.1 Å². The third-order valence-corrected chi connectivity index (χ3v) is 6.38. The van der Waals surface area contributed by atoms with E-state index in [2.05, 4.69) is 41.2 Å². The number of rotatable bonds is 6. The van der Waals surface area contributed by atoms with Gasteiger partial charge in [-0.2, -0.15) is 0 Å². The number of carbonyl (C=O) groups excluding carboxylic acids is 1. The van der Waals surface area contributed by atoms with Crippen molar-refractivity contribution in [3.63, 3.8) is 0 Å². The van der Waals surface area contributed by atoms with Gasteiger partial charge in [0.1, 0.15) is 0 Å². The molecule has 1 saturated heterocycles. The zero-order chi connectivity index (χ0) is 22.7. The molecule has 4 rings (SSSR count). The fraction of sp³-hybridized carbons (Fsp3) is 0.385. The van der Waals surface area contributed by atoms with Crippen LogP contribution in [0.1, 0.15) is 36.5 Å². The number of nitrogens with zero attached hydrogens (tertiary/aromatic N) is 2. The Morgan fingerprint density at radius 1 is 1.19 bits per heavy atom. The first kappa shape index (κ1) is 22.1. The molecule has 1 aliphatic heterocycles. The van der Waals surface area contributed by atoms with E-state index < -0.39 is 0 Å². The summed E-state index contributed by atoms with van der Waals surface area (Å²) >= 11 is 0. The van der Waals surface area contributed by atoms with Crippen LogP contribution in [-0.4, -0.2) is 46.5 Å². The number of nitrogens with one attached hydrogen (secondary N) is 2. The smallest absolute Gasteiger partial charge is 0.321 e. The van der Waals surface area contributed by atoms with Gasteiger partial charge in [0.25, 0.3) is 5.56 Å². The van der Waals surface area contributed by atoms with Crippen molar-refractivity contribution in [2.75, 3.05) is 25.0 Å². The molecule has 3 aromatic rings. The number of fused-ring (bicyclic) bond motifs is 1. The average Bonchev–Trinajstić information content (AvgIpc) is 3.22.